The first-order valence-corrected chi connectivity index (χ1v) is 8.04. The zero-order valence-corrected chi connectivity index (χ0v) is 14.3. The van der Waals surface area contributed by atoms with Gasteiger partial charge >= 0.3 is 0 Å². The summed E-state index contributed by atoms with van der Waals surface area (Å²) in [6.07, 6.45) is 0.691. The molecule has 2 aromatic rings. The second kappa shape index (κ2) is 6.55. The highest BCUT2D eigenvalue weighted by molar-refractivity contribution is 5.28. The van der Waals surface area contributed by atoms with Gasteiger partial charge in [0.1, 0.15) is 11.4 Å². The summed E-state index contributed by atoms with van der Waals surface area (Å²) in [4.78, 5) is 0. The fourth-order valence-electron chi connectivity index (χ4n) is 2.72. The van der Waals surface area contributed by atoms with Crippen LogP contribution >= 0.6 is 0 Å². The molecule has 0 aliphatic carbocycles. The Kier molecular flexibility index (Phi) is 4.62. The average molecular weight is 332 g/mol. The fourth-order valence-corrected chi connectivity index (χ4v) is 2.72. The molecule has 1 fully saturated rings. The summed E-state index contributed by atoms with van der Waals surface area (Å²) < 4.78 is 15.9. The Hall–Kier alpha value is -1.89. The Balaban J connectivity index is 1.65. The number of benzene rings is 1. The molecule has 0 spiro atoms. The third-order valence-corrected chi connectivity index (χ3v) is 4.24. The molecule has 24 heavy (non-hydrogen) atoms. The summed E-state index contributed by atoms with van der Waals surface area (Å²) in [6, 6.07) is 9.80. The van der Waals surface area contributed by atoms with Crippen molar-refractivity contribution in [3.8, 4) is 5.75 Å². The van der Waals surface area contributed by atoms with Gasteiger partial charge in [-0.25, -0.2) is 0 Å². The number of hydrogen-bond donors (Lipinski definition) is 2. The van der Waals surface area contributed by atoms with Crippen molar-refractivity contribution >= 4 is 0 Å². The number of ether oxygens (including phenoxy) is 2. The third-order valence-electron chi connectivity index (χ3n) is 4.24. The summed E-state index contributed by atoms with van der Waals surface area (Å²) in [7, 11) is 1.67. The van der Waals surface area contributed by atoms with Gasteiger partial charge in [0.15, 0.2) is 5.76 Å². The molecule has 1 aromatic heterocycles. The predicted octanol–water partition coefficient (Wildman–Crippen LogP) is 2.01. The molecule has 1 aliphatic heterocycles. The standard InChI is InChI=1S/C18H24N2O4/c1-17(2,21)16-8-14(20-24-16)9-18(11-23-12-18)19-10-13-5-4-6-15(7-13)22-3/h4-8,19,21H,9-12H2,1-3H3. The van der Waals surface area contributed by atoms with Crippen molar-refractivity contribution in [2.75, 3.05) is 20.3 Å². The molecule has 1 aromatic carbocycles. The number of hydrogen-bond acceptors (Lipinski definition) is 6. The Morgan fingerprint density at radius 2 is 2.12 bits per heavy atom. The minimum atomic E-state index is -1.03. The fraction of sp³-hybridized carbons (Fsp3) is 0.500. The van der Waals surface area contributed by atoms with Gasteiger partial charge in [-0.1, -0.05) is 17.3 Å². The largest absolute Gasteiger partial charge is 0.497 e. The quantitative estimate of drug-likeness (QED) is 0.808. The number of nitrogens with one attached hydrogen (secondary N) is 1. The van der Waals surface area contributed by atoms with Gasteiger partial charge in [0.25, 0.3) is 0 Å². The van der Waals surface area contributed by atoms with E-state index < -0.39 is 5.60 Å². The average Bonchev–Trinajstić information content (AvgIpc) is 2.98. The van der Waals surface area contributed by atoms with Crippen LogP contribution in [0, 0.1) is 0 Å². The van der Waals surface area contributed by atoms with Gasteiger partial charge in [-0.15, -0.1) is 0 Å². The maximum absolute atomic E-state index is 9.99. The van der Waals surface area contributed by atoms with Crippen molar-refractivity contribution in [3.05, 3.63) is 47.3 Å². The van der Waals surface area contributed by atoms with E-state index in [-0.39, 0.29) is 5.54 Å². The van der Waals surface area contributed by atoms with Crippen LogP contribution in [-0.2, 0) is 23.3 Å². The number of aliphatic hydroxyl groups is 1. The van der Waals surface area contributed by atoms with E-state index in [1.165, 1.54) is 0 Å². The summed E-state index contributed by atoms with van der Waals surface area (Å²) in [5.41, 5.74) is 0.783. The monoisotopic (exact) mass is 332 g/mol. The highest BCUT2D eigenvalue weighted by Gasteiger charge is 2.39. The van der Waals surface area contributed by atoms with E-state index in [1.807, 2.05) is 24.3 Å². The van der Waals surface area contributed by atoms with Crippen LogP contribution in [-0.4, -0.2) is 36.1 Å². The molecule has 0 bridgehead atoms. The van der Waals surface area contributed by atoms with E-state index in [2.05, 4.69) is 16.5 Å². The lowest BCUT2D eigenvalue weighted by Crippen LogP contribution is -2.61. The molecule has 2 N–H and O–H groups in total. The van der Waals surface area contributed by atoms with Gasteiger partial charge in [0.2, 0.25) is 0 Å². The van der Waals surface area contributed by atoms with E-state index >= 15 is 0 Å². The summed E-state index contributed by atoms with van der Waals surface area (Å²) in [5.74, 6) is 1.32. The molecular weight excluding hydrogens is 308 g/mol. The first-order valence-electron chi connectivity index (χ1n) is 8.04. The first kappa shape index (κ1) is 17.0. The Morgan fingerprint density at radius 3 is 2.71 bits per heavy atom. The van der Waals surface area contributed by atoms with Crippen LogP contribution in [0.3, 0.4) is 0 Å². The number of aromatic nitrogens is 1. The maximum atomic E-state index is 9.99. The van der Waals surface area contributed by atoms with Crippen molar-refractivity contribution in [3.63, 3.8) is 0 Å². The molecule has 6 heteroatoms. The van der Waals surface area contributed by atoms with E-state index in [4.69, 9.17) is 14.0 Å². The Bertz CT molecular complexity index is 686. The molecule has 0 amide bonds. The van der Waals surface area contributed by atoms with E-state index in [1.54, 1.807) is 21.0 Å². The normalized spacial score (nSPS) is 16.7. The lowest BCUT2D eigenvalue weighted by Gasteiger charge is -2.42. The minimum Gasteiger partial charge on any atom is -0.497 e. The van der Waals surface area contributed by atoms with Crippen LogP contribution in [0.1, 0.15) is 30.9 Å². The third kappa shape index (κ3) is 3.77. The van der Waals surface area contributed by atoms with Crippen molar-refractivity contribution < 1.29 is 19.1 Å². The SMILES string of the molecule is COc1cccc(CNC2(Cc3cc(C(C)(C)O)on3)COC2)c1. The molecule has 0 saturated carbocycles. The van der Waals surface area contributed by atoms with Crippen molar-refractivity contribution in [2.24, 2.45) is 0 Å². The van der Waals surface area contributed by atoms with Gasteiger partial charge in [-0.05, 0) is 31.5 Å². The summed E-state index contributed by atoms with van der Waals surface area (Å²) in [5, 5.41) is 17.6. The number of rotatable bonds is 7. The lowest BCUT2D eigenvalue weighted by molar-refractivity contribution is -0.0755. The zero-order chi connectivity index (χ0) is 17.2. The molecule has 1 saturated heterocycles. The van der Waals surface area contributed by atoms with Crippen LogP contribution in [0.25, 0.3) is 0 Å². The Morgan fingerprint density at radius 1 is 1.33 bits per heavy atom. The van der Waals surface area contributed by atoms with Crippen molar-refractivity contribution in [1.29, 1.82) is 0 Å². The van der Waals surface area contributed by atoms with Crippen LogP contribution in [0.5, 0.6) is 5.75 Å². The molecule has 6 nitrogen and oxygen atoms in total. The first-order chi connectivity index (χ1) is 11.4. The number of nitrogens with zero attached hydrogens (tertiary/aromatic N) is 1. The van der Waals surface area contributed by atoms with Gasteiger partial charge < -0.3 is 24.4 Å². The van der Waals surface area contributed by atoms with Gasteiger partial charge in [0.05, 0.1) is 31.6 Å². The van der Waals surface area contributed by atoms with Crippen molar-refractivity contribution in [2.45, 2.75) is 38.0 Å². The van der Waals surface area contributed by atoms with Crippen LogP contribution < -0.4 is 10.1 Å². The molecular formula is C18H24N2O4. The molecule has 0 unspecified atom stereocenters. The summed E-state index contributed by atoms with van der Waals surface area (Å²) in [6.45, 7) is 5.33. The molecule has 2 heterocycles. The molecule has 0 radical (unpaired) electrons. The van der Waals surface area contributed by atoms with Crippen LogP contribution in [0.15, 0.2) is 34.9 Å². The maximum Gasteiger partial charge on any atom is 0.167 e. The molecule has 0 atom stereocenters. The second-order valence-corrected chi connectivity index (χ2v) is 6.90. The van der Waals surface area contributed by atoms with E-state index in [0.717, 1.165) is 23.6 Å². The topological polar surface area (TPSA) is 76.8 Å². The van der Waals surface area contributed by atoms with E-state index in [9.17, 15) is 5.11 Å². The zero-order valence-electron chi connectivity index (χ0n) is 14.3. The minimum absolute atomic E-state index is 0.156. The second-order valence-electron chi connectivity index (χ2n) is 6.90. The molecule has 3 rings (SSSR count). The van der Waals surface area contributed by atoms with Gasteiger partial charge in [0, 0.05) is 19.0 Å². The molecule has 1 aliphatic rings. The smallest absolute Gasteiger partial charge is 0.167 e. The Labute approximate surface area is 141 Å². The van der Waals surface area contributed by atoms with Crippen LogP contribution in [0.2, 0.25) is 0 Å². The van der Waals surface area contributed by atoms with Crippen LogP contribution in [0.4, 0.5) is 0 Å². The lowest BCUT2D eigenvalue weighted by atomic mass is 9.90. The highest BCUT2D eigenvalue weighted by atomic mass is 16.5. The van der Waals surface area contributed by atoms with Gasteiger partial charge in [-0.2, -0.15) is 0 Å². The van der Waals surface area contributed by atoms with Crippen molar-refractivity contribution in [1.82, 2.24) is 10.5 Å². The number of methoxy groups -OCH3 is 1. The molecule has 130 valence electrons. The summed E-state index contributed by atoms with van der Waals surface area (Å²) >= 11 is 0. The van der Waals surface area contributed by atoms with E-state index in [0.29, 0.717) is 25.4 Å². The predicted molar refractivity (Wildman–Crippen MR) is 88.8 cm³/mol. The van der Waals surface area contributed by atoms with Gasteiger partial charge in [-0.3, -0.25) is 0 Å². The highest BCUT2D eigenvalue weighted by Crippen LogP contribution is 2.26.